The summed E-state index contributed by atoms with van der Waals surface area (Å²) in [5.74, 6) is -0.182. The van der Waals surface area contributed by atoms with Gasteiger partial charge in [-0.3, -0.25) is 19.3 Å². The second kappa shape index (κ2) is 11.1. The summed E-state index contributed by atoms with van der Waals surface area (Å²) < 4.78 is 6.85. The Morgan fingerprint density at radius 2 is 1.80 bits per heavy atom. The molecule has 0 saturated carbocycles. The molecule has 1 saturated heterocycles. The topological polar surface area (TPSA) is 75.7 Å². The number of nitrogens with zero attached hydrogens (tertiary/aromatic N) is 1. The van der Waals surface area contributed by atoms with E-state index in [1.165, 1.54) is 4.90 Å². The fraction of sp³-hybridized carbons (Fsp3) is 0.148. The molecule has 3 amide bonds. The van der Waals surface area contributed by atoms with Crippen LogP contribution >= 0.6 is 34.4 Å². The average molecular weight is 598 g/mol. The van der Waals surface area contributed by atoms with Crippen LogP contribution < -0.4 is 10.1 Å². The van der Waals surface area contributed by atoms with Crippen LogP contribution in [-0.4, -0.2) is 28.6 Å². The molecule has 0 radical (unpaired) electrons. The lowest BCUT2D eigenvalue weighted by Crippen LogP contribution is -2.27. The summed E-state index contributed by atoms with van der Waals surface area (Å²) >= 11 is 3.11. The molecule has 0 aromatic heterocycles. The molecule has 6 nitrogen and oxygen atoms in total. The van der Waals surface area contributed by atoms with E-state index in [9.17, 15) is 14.4 Å². The van der Waals surface area contributed by atoms with Gasteiger partial charge in [-0.15, -0.1) is 0 Å². The molecular formula is C27H23IN2O4S. The molecule has 3 aromatic carbocycles. The number of anilines is 1. The Labute approximate surface area is 221 Å². The van der Waals surface area contributed by atoms with Crippen molar-refractivity contribution in [3.05, 3.63) is 97.5 Å². The lowest BCUT2D eigenvalue weighted by atomic mass is 10.1. The minimum atomic E-state index is -0.346. The number of ether oxygens (including phenoxy) is 1. The van der Waals surface area contributed by atoms with Crippen LogP contribution in [0.25, 0.3) is 6.08 Å². The molecular weight excluding hydrogens is 575 g/mol. The third kappa shape index (κ3) is 6.32. The molecule has 35 heavy (non-hydrogen) atoms. The summed E-state index contributed by atoms with van der Waals surface area (Å²) in [6, 6.07) is 20.6. The molecule has 1 aliphatic rings. The van der Waals surface area contributed by atoms with Crippen molar-refractivity contribution in [2.75, 3.05) is 11.9 Å². The SMILES string of the molecule is Cc1ccc(NC(=O)COc2ccccc2/C=C2\SC(=O)N(Cc3ccc(I)cc3)C2=O)c(C)c1. The van der Waals surface area contributed by atoms with Crippen LogP contribution in [-0.2, 0) is 16.1 Å². The Morgan fingerprint density at radius 3 is 2.54 bits per heavy atom. The van der Waals surface area contributed by atoms with E-state index in [1.807, 2.05) is 62.4 Å². The number of nitrogens with one attached hydrogen (secondary N) is 1. The number of carbonyl (C=O) groups excluding carboxylic acids is 3. The predicted octanol–water partition coefficient (Wildman–Crippen LogP) is 6.16. The Kier molecular flexibility index (Phi) is 7.92. The van der Waals surface area contributed by atoms with Crippen molar-refractivity contribution >= 4 is 63.2 Å². The number of amides is 3. The number of halogens is 1. The van der Waals surface area contributed by atoms with Gasteiger partial charge in [0.1, 0.15) is 5.75 Å². The molecule has 1 aliphatic heterocycles. The van der Waals surface area contributed by atoms with E-state index >= 15 is 0 Å². The van der Waals surface area contributed by atoms with Gasteiger partial charge in [-0.1, -0.05) is 48.0 Å². The minimum absolute atomic E-state index is 0.188. The van der Waals surface area contributed by atoms with Gasteiger partial charge in [0.2, 0.25) is 0 Å². The summed E-state index contributed by atoms with van der Waals surface area (Å²) in [4.78, 5) is 39.5. The first-order valence-corrected chi connectivity index (χ1v) is 12.8. The van der Waals surface area contributed by atoms with Crippen LogP contribution in [0.15, 0.2) is 71.6 Å². The third-order valence-corrected chi connectivity index (χ3v) is 6.97. The monoisotopic (exact) mass is 598 g/mol. The summed E-state index contributed by atoms with van der Waals surface area (Å²) in [5, 5.41) is 2.54. The van der Waals surface area contributed by atoms with Crippen LogP contribution in [0.2, 0.25) is 0 Å². The van der Waals surface area contributed by atoms with Gasteiger partial charge in [-0.2, -0.15) is 0 Å². The van der Waals surface area contributed by atoms with Gasteiger partial charge in [0.25, 0.3) is 17.1 Å². The summed E-state index contributed by atoms with van der Waals surface area (Å²) in [5.41, 5.74) is 4.33. The fourth-order valence-electron chi connectivity index (χ4n) is 3.56. The van der Waals surface area contributed by atoms with Gasteiger partial charge in [0.05, 0.1) is 11.4 Å². The lowest BCUT2D eigenvalue weighted by Gasteiger charge is -2.13. The fourth-order valence-corrected chi connectivity index (χ4v) is 4.75. The number of para-hydroxylation sites is 1. The van der Waals surface area contributed by atoms with E-state index in [0.717, 1.165) is 37.7 Å². The Bertz CT molecular complexity index is 1320. The quantitative estimate of drug-likeness (QED) is 0.261. The van der Waals surface area contributed by atoms with Crippen molar-refractivity contribution < 1.29 is 19.1 Å². The lowest BCUT2D eigenvalue weighted by molar-refractivity contribution is -0.123. The van der Waals surface area contributed by atoms with Crippen molar-refractivity contribution in [2.45, 2.75) is 20.4 Å². The van der Waals surface area contributed by atoms with E-state index in [0.29, 0.717) is 16.2 Å². The second-order valence-corrected chi connectivity index (χ2v) is 10.3. The summed E-state index contributed by atoms with van der Waals surface area (Å²) in [7, 11) is 0. The number of thioether (sulfide) groups is 1. The molecule has 0 bridgehead atoms. The maximum atomic E-state index is 12.9. The summed E-state index contributed by atoms with van der Waals surface area (Å²) in [6.45, 7) is 3.96. The number of benzene rings is 3. The molecule has 0 spiro atoms. The summed E-state index contributed by atoms with van der Waals surface area (Å²) in [6.07, 6.45) is 1.64. The third-order valence-electron chi connectivity index (χ3n) is 5.35. The predicted molar refractivity (Wildman–Crippen MR) is 147 cm³/mol. The van der Waals surface area contributed by atoms with Crippen molar-refractivity contribution in [3.63, 3.8) is 0 Å². The number of aryl methyl sites for hydroxylation is 2. The van der Waals surface area contributed by atoms with Gasteiger partial charge >= 0.3 is 0 Å². The smallest absolute Gasteiger partial charge is 0.293 e. The maximum Gasteiger partial charge on any atom is 0.293 e. The average Bonchev–Trinajstić information content (AvgIpc) is 3.09. The molecule has 1 fully saturated rings. The van der Waals surface area contributed by atoms with Crippen LogP contribution in [0, 0.1) is 17.4 Å². The first kappa shape index (κ1) is 25.0. The first-order valence-electron chi connectivity index (χ1n) is 10.9. The highest BCUT2D eigenvalue weighted by molar-refractivity contribution is 14.1. The second-order valence-electron chi connectivity index (χ2n) is 8.09. The van der Waals surface area contributed by atoms with E-state index in [4.69, 9.17) is 4.74 Å². The number of imide groups is 1. The van der Waals surface area contributed by atoms with E-state index in [-0.39, 0.29) is 30.2 Å². The standard InChI is InChI=1S/C27H23IN2O4S/c1-17-7-12-22(18(2)13-17)29-25(31)16-34-23-6-4-3-5-20(23)14-24-26(32)30(27(33)35-24)15-19-8-10-21(28)11-9-19/h3-14H,15-16H2,1-2H3,(H,29,31)/b24-14-. The largest absolute Gasteiger partial charge is 0.483 e. The molecule has 0 atom stereocenters. The highest BCUT2D eigenvalue weighted by Crippen LogP contribution is 2.35. The highest BCUT2D eigenvalue weighted by Gasteiger charge is 2.35. The zero-order valence-electron chi connectivity index (χ0n) is 19.2. The Balaban J connectivity index is 1.44. The normalized spacial score (nSPS) is 14.5. The molecule has 0 unspecified atom stereocenters. The van der Waals surface area contributed by atoms with Gasteiger partial charge in [0.15, 0.2) is 6.61 Å². The molecule has 0 aliphatic carbocycles. The zero-order chi connectivity index (χ0) is 24.9. The van der Waals surface area contributed by atoms with Crippen LogP contribution in [0.5, 0.6) is 5.75 Å². The number of rotatable bonds is 7. The van der Waals surface area contributed by atoms with Crippen molar-refractivity contribution in [3.8, 4) is 5.75 Å². The number of carbonyl (C=O) groups is 3. The zero-order valence-corrected chi connectivity index (χ0v) is 22.2. The van der Waals surface area contributed by atoms with Gasteiger partial charge in [0, 0.05) is 14.8 Å². The van der Waals surface area contributed by atoms with Crippen molar-refractivity contribution in [2.24, 2.45) is 0 Å². The van der Waals surface area contributed by atoms with Gasteiger partial charge in [-0.05, 0) is 89.7 Å². The van der Waals surface area contributed by atoms with E-state index < -0.39 is 0 Å². The molecule has 4 rings (SSSR count). The van der Waals surface area contributed by atoms with Crippen LogP contribution in [0.1, 0.15) is 22.3 Å². The molecule has 1 N–H and O–H groups in total. The molecule has 8 heteroatoms. The number of hydrogen-bond acceptors (Lipinski definition) is 5. The van der Waals surface area contributed by atoms with Gasteiger partial charge in [-0.25, -0.2) is 0 Å². The van der Waals surface area contributed by atoms with Crippen LogP contribution in [0.4, 0.5) is 10.5 Å². The van der Waals surface area contributed by atoms with E-state index in [1.54, 1.807) is 24.3 Å². The Morgan fingerprint density at radius 1 is 1.06 bits per heavy atom. The highest BCUT2D eigenvalue weighted by atomic mass is 127. The number of hydrogen-bond donors (Lipinski definition) is 1. The Hall–Kier alpha value is -3.11. The molecule has 178 valence electrons. The molecule has 3 aromatic rings. The van der Waals surface area contributed by atoms with Crippen LogP contribution in [0.3, 0.4) is 0 Å². The van der Waals surface area contributed by atoms with E-state index in [2.05, 4.69) is 27.9 Å². The van der Waals surface area contributed by atoms with Crippen molar-refractivity contribution in [1.82, 2.24) is 4.90 Å². The maximum absolute atomic E-state index is 12.9. The first-order chi connectivity index (χ1) is 16.8. The van der Waals surface area contributed by atoms with Gasteiger partial charge < -0.3 is 10.1 Å². The molecule has 1 heterocycles. The van der Waals surface area contributed by atoms with Crippen molar-refractivity contribution in [1.29, 1.82) is 0 Å². The minimum Gasteiger partial charge on any atom is -0.483 e.